The Morgan fingerprint density at radius 2 is 2.07 bits per heavy atom. The van der Waals surface area contributed by atoms with Gasteiger partial charge in [0.05, 0.1) is 0 Å². The van der Waals surface area contributed by atoms with E-state index in [1.54, 1.807) is 0 Å². The zero-order chi connectivity index (χ0) is 20.7. The van der Waals surface area contributed by atoms with Crippen molar-refractivity contribution in [1.29, 1.82) is 5.41 Å². The van der Waals surface area contributed by atoms with E-state index >= 15 is 0 Å². The maximum absolute atomic E-state index is 11.3. The van der Waals surface area contributed by atoms with Gasteiger partial charge in [0.15, 0.2) is 5.96 Å². The lowest BCUT2D eigenvalue weighted by atomic mass is 9.49. The first kappa shape index (κ1) is 20.7. The molecule has 2 aliphatic carbocycles. The van der Waals surface area contributed by atoms with Gasteiger partial charge in [-0.25, -0.2) is 0 Å². The van der Waals surface area contributed by atoms with Gasteiger partial charge in [-0.1, -0.05) is 52.3 Å². The van der Waals surface area contributed by atoms with Crippen molar-refractivity contribution in [1.82, 2.24) is 4.90 Å². The van der Waals surface area contributed by atoms with Gasteiger partial charge in [-0.15, -0.1) is 0 Å². The van der Waals surface area contributed by atoms with Gasteiger partial charge in [0.2, 0.25) is 0 Å². The molecule has 28 heavy (non-hydrogen) atoms. The lowest BCUT2D eigenvalue weighted by Gasteiger charge is -2.56. The topological polar surface area (TPSA) is 90.4 Å². The Hall–Kier alpha value is -2.04. The average molecular weight is 386 g/mol. The predicted octanol–water partition coefficient (Wildman–Crippen LogP) is 4.10. The summed E-state index contributed by atoms with van der Waals surface area (Å²) < 4.78 is 0. The first-order valence-electron chi connectivity index (χ1n) is 10.5. The zero-order valence-electron chi connectivity index (χ0n) is 17.7. The molecule has 154 valence electrons. The number of carboxylic acid groups (broad SMARTS) is 1. The van der Waals surface area contributed by atoms with E-state index in [1.807, 2.05) is 0 Å². The Kier molecular flexibility index (Phi) is 5.48. The minimum absolute atomic E-state index is 0.0530. The van der Waals surface area contributed by atoms with Crippen LogP contribution >= 0.6 is 0 Å². The van der Waals surface area contributed by atoms with Crippen molar-refractivity contribution < 1.29 is 9.90 Å². The average Bonchev–Trinajstić information content (AvgIpc) is 2.60. The molecule has 1 fully saturated rings. The molecule has 1 aromatic rings. The number of carboxylic acids is 1. The third-order valence-electron chi connectivity index (χ3n) is 7.39. The molecule has 0 heterocycles. The molecule has 3 rings (SSSR count). The summed E-state index contributed by atoms with van der Waals surface area (Å²) >= 11 is 0. The zero-order valence-corrected chi connectivity index (χ0v) is 17.7. The summed E-state index contributed by atoms with van der Waals surface area (Å²) in [6.45, 7) is 9.49. The van der Waals surface area contributed by atoms with Crippen LogP contribution in [0, 0.1) is 16.7 Å². The van der Waals surface area contributed by atoms with Gasteiger partial charge in [0.1, 0.15) is 6.54 Å². The Morgan fingerprint density at radius 1 is 1.36 bits per heavy atom. The summed E-state index contributed by atoms with van der Waals surface area (Å²) in [6.07, 6.45) is 5.52. The Balaban J connectivity index is 1.94. The van der Waals surface area contributed by atoms with Crippen molar-refractivity contribution in [2.75, 3.05) is 13.1 Å². The molecule has 0 amide bonds. The predicted molar refractivity (Wildman–Crippen MR) is 113 cm³/mol. The molecule has 5 heteroatoms. The van der Waals surface area contributed by atoms with Crippen LogP contribution in [0.1, 0.15) is 76.0 Å². The summed E-state index contributed by atoms with van der Waals surface area (Å²) in [7, 11) is 0. The van der Waals surface area contributed by atoms with Crippen LogP contribution in [0.15, 0.2) is 18.2 Å². The minimum Gasteiger partial charge on any atom is -0.480 e. The number of nitrogens with two attached hydrogens (primary N) is 1. The smallest absolute Gasteiger partial charge is 0.323 e. The summed E-state index contributed by atoms with van der Waals surface area (Å²) in [6, 6.07) is 7.04. The van der Waals surface area contributed by atoms with Gasteiger partial charge < -0.3 is 15.7 Å². The number of hydrogen-bond acceptors (Lipinski definition) is 2. The molecule has 2 aliphatic rings. The fraction of sp³-hybridized carbons (Fsp3) is 0.652. The Bertz CT molecular complexity index is 775. The first-order valence-corrected chi connectivity index (χ1v) is 10.5. The van der Waals surface area contributed by atoms with Crippen molar-refractivity contribution in [2.45, 2.75) is 71.1 Å². The van der Waals surface area contributed by atoms with Crippen LogP contribution < -0.4 is 5.73 Å². The van der Waals surface area contributed by atoms with E-state index in [0.717, 1.165) is 25.7 Å². The molecule has 0 unspecified atom stereocenters. The van der Waals surface area contributed by atoms with Crippen LogP contribution in [0.5, 0.6) is 0 Å². The molecule has 5 nitrogen and oxygen atoms in total. The SMILES string of the molecule is CC(C)c1ccc2c(c1)CC[C@H]1[C@@](C)(CN(CC(=O)O)C(=N)N)CCC[C@]21C. The fourth-order valence-corrected chi connectivity index (χ4v) is 6.02. The van der Waals surface area contributed by atoms with Gasteiger partial charge in [-0.2, -0.15) is 0 Å². The van der Waals surface area contributed by atoms with Crippen LogP contribution in [0.2, 0.25) is 0 Å². The molecule has 0 saturated heterocycles. The number of nitrogens with zero attached hydrogens (tertiary/aromatic N) is 1. The van der Waals surface area contributed by atoms with Gasteiger partial charge in [0, 0.05) is 6.54 Å². The second kappa shape index (κ2) is 7.41. The number of hydrogen-bond donors (Lipinski definition) is 3. The number of guanidine groups is 1. The van der Waals surface area contributed by atoms with Gasteiger partial charge in [-0.3, -0.25) is 10.2 Å². The second-order valence-electron chi connectivity index (χ2n) is 9.72. The summed E-state index contributed by atoms with van der Waals surface area (Å²) in [4.78, 5) is 12.8. The molecule has 1 aromatic carbocycles. The largest absolute Gasteiger partial charge is 0.480 e. The van der Waals surface area contributed by atoms with Gasteiger partial charge >= 0.3 is 5.97 Å². The standard InChI is InChI=1S/C23H35N3O2/c1-15(2)16-6-8-18-17(12-16)7-9-19-22(3,10-5-11-23(18,19)4)14-26(21(24)25)13-20(27)28/h6,8,12,15,19H,5,7,9-11,13-14H2,1-4H3,(H3,24,25)(H,27,28)/t19-,22+,23+/m0/s1. The van der Waals surface area contributed by atoms with Crippen molar-refractivity contribution in [3.63, 3.8) is 0 Å². The third-order valence-corrected chi connectivity index (χ3v) is 7.39. The summed E-state index contributed by atoms with van der Waals surface area (Å²) in [5, 5.41) is 17.1. The van der Waals surface area contributed by atoms with E-state index in [2.05, 4.69) is 45.9 Å². The molecule has 0 spiro atoms. The number of nitrogens with one attached hydrogen (secondary N) is 1. The summed E-state index contributed by atoms with van der Waals surface area (Å²) in [5.74, 6) is -0.0874. The highest BCUT2D eigenvalue weighted by molar-refractivity contribution is 5.80. The Morgan fingerprint density at radius 3 is 2.68 bits per heavy atom. The lowest BCUT2D eigenvalue weighted by molar-refractivity contribution is -0.137. The molecule has 0 radical (unpaired) electrons. The molecular weight excluding hydrogens is 350 g/mol. The van der Waals surface area contributed by atoms with Crippen LogP contribution in [-0.4, -0.2) is 35.0 Å². The number of fused-ring (bicyclic) bond motifs is 3. The van der Waals surface area contributed by atoms with Crippen molar-refractivity contribution >= 4 is 11.9 Å². The quantitative estimate of drug-likeness (QED) is 0.526. The third kappa shape index (κ3) is 3.63. The molecule has 0 aliphatic heterocycles. The van der Waals surface area contributed by atoms with Crippen molar-refractivity contribution in [3.05, 3.63) is 34.9 Å². The molecular formula is C23H35N3O2. The fourth-order valence-electron chi connectivity index (χ4n) is 6.02. The van der Waals surface area contributed by atoms with E-state index in [1.165, 1.54) is 28.0 Å². The van der Waals surface area contributed by atoms with Crippen LogP contribution in [-0.2, 0) is 16.6 Å². The van der Waals surface area contributed by atoms with E-state index in [-0.39, 0.29) is 23.3 Å². The van der Waals surface area contributed by atoms with E-state index in [0.29, 0.717) is 18.4 Å². The van der Waals surface area contributed by atoms with Crippen LogP contribution in [0.4, 0.5) is 0 Å². The van der Waals surface area contributed by atoms with E-state index < -0.39 is 5.97 Å². The van der Waals surface area contributed by atoms with E-state index in [4.69, 9.17) is 11.1 Å². The van der Waals surface area contributed by atoms with E-state index in [9.17, 15) is 9.90 Å². The van der Waals surface area contributed by atoms with Gasteiger partial charge in [-0.05, 0) is 65.0 Å². The Labute approximate surface area is 168 Å². The number of benzene rings is 1. The monoisotopic (exact) mass is 385 g/mol. The molecule has 4 N–H and O–H groups in total. The molecule has 0 aromatic heterocycles. The van der Waals surface area contributed by atoms with Crippen LogP contribution in [0.3, 0.4) is 0 Å². The molecule has 3 atom stereocenters. The van der Waals surface area contributed by atoms with Crippen molar-refractivity contribution in [3.8, 4) is 0 Å². The number of aliphatic carboxylic acids is 1. The molecule has 1 saturated carbocycles. The lowest BCUT2D eigenvalue weighted by Crippen LogP contribution is -2.55. The van der Waals surface area contributed by atoms with Gasteiger partial charge in [0.25, 0.3) is 0 Å². The van der Waals surface area contributed by atoms with Crippen LogP contribution in [0.25, 0.3) is 0 Å². The highest BCUT2D eigenvalue weighted by atomic mass is 16.4. The normalized spacial score (nSPS) is 29.1. The highest BCUT2D eigenvalue weighted by Gasteiger charge is 2.52. The maximum atomic E-state index is 11.3. The number of aryl methyl sites for hydroxylation is 1. The minimum atomic E-state index is -0.937. The summed E-state index contributed by atoms with van der Waals surface area (Å²) in [5.41, 5.74) is 10.1. The maximum Gasteiger partial charge on any atom is 0.323 e. The van der Waals surface area contributed by atoms with Crippen molar-refractivity contribution in [2.24, 2.45) is 17.1 Å². The number of carbonyl (C=O) groups is 1. The second-order valence-corrected chi connectivity index (χ2v) is 9.72. The molecule has 0 bridgehead atoms. The number of rotatable bonds is 5. The highest BCUT2D eigenvalue weighted by Crippen LogP contribution is 2.57. The first-order chi connectivity index (χ1) is 13.1.